The number of hydrogen-bond donors (Lipinski definition) is 0. The van der Waals surface area contributed by atoms with Gasteiger partial charge in [0.05, 0.1) is 4.91 Å². The number of carbonyl (C=O) groups is 1. The Bertz CT molecular complexity index is 734. The van der Waals surface area contributed by atoms with Gasteiger partial charge in [-0.05, 0) is 30.2 Å². The Morgan fingerprint density at radius 1 is 1.18 bits per heavy atom. The fourth-order valence-corrected chi connectivity index (χ4v) is 3.63. The third kappa shape index (κ3) is 3.15. The van der Waals surface area contributed by atoms with E-state index in [9.17, 15) is 4.79 Å². The Hall–Kier alpha value is -1.85. The Balaban J connectivity index is 1.72. The summed E-state index contributed by atoms with van der Waals surface area (Å²) < 4.78 is 2.62. The molecule has 1 aromatic carbocycles. The van der Waals surface area contributed by atoms with Gasteiger partial charge in [-0.3, -0.25) is 9.69 Å². The molecule has 0 unspecified atom stereocenters. The van der Waals surface area contributed by atoms with Crippen LogP contribution >= 0.6 is 24.0 Å². The molecule has 3 nitrogen and oxygen atoms in total. The molecule has 0 radical (unpaired) electrons. The molecule has 112 valence electrons. The second-order valence-electron chi connectivity index (χ2n) is 5.11. The molecule has 3 rings (SSSR count). The highest BCUT2D eigenvalue weighted by molar-refractivity contribution is 8.26. The number of hydrogen-bond acceptors (Lipinski definition) is 3. The molecule has 1 fully saturated rings. The van der Waals surface area contributed by atoms with E-state index in [0.29, 0.717) is 15.8 Å². The molecule has 1 aliphatic heterocycles. The van der Waals surface area contributed by atoms with E-state index < -0.39 is 0 Å². The molecule has 1 saturated heterocycles. The maximum absolute atomic E-state index is 12.5. The molecular weight excluding hydrogens is 312 g/mol. The van der Waals surface area contributed by atoms with Gasteiger partial charge < -0.3 is 4.57 Å². The topological polar surface area (TPSA) is 25.2 Å². The summed E-state index contributed by atoms with van der Waals surface area (Å²) >= 11 is 6.74. The second-order valence-corrected chi connectivity index (χ2v) is 6.79. The van der Waals surface area contributed by atoms with Crippen molar-refractivity contribution in [3.05, 3.63) is 64.8 Å². The molecule has 1 aliphatic rings. The fourth-order valence-electron chi connectivity index (χ4n) is 2.34. The van der Waals surface area contributed by atoms with Gasteiger partial charge >= 0.3 is 0 Å². The zero-order chi connectivity index (χ0) is 15.5. The smallest absolute Gasteiger partial charge is 0.266 e. The van der Waals surface area contributed by atoms with Crippen molar-refractivity contribution in [2.45, 2.75) is 6.42 Å². The van der Waals surface area contributed by atoms with Crippen molar-refractivity contribution in [1.29, 1.82) is 0 Å². The molecular formula is C17H16N2OS2. The van der Waals surface area contributed by atoms with Crippen LogP contribution in [0.1, 0.15) is 11.3 Å². The quantitative estimate of drug-likeness (QED) is 0.635. The lowest BCUT2D eigenvalue weighted by Gasteiger charge is -2.14. The summed E-state index contributed by atoms with van der Waals surface area (Å²) in [5, 5.41) is 0. The molecule has 1 amide bonds. The number of aryl methyl sites for hydroxylation is 1. The monoisotopic (exact) mass is 328 g/mol. The highest BCUT2D eigenvalue weighted by Gasteiger charge is 2.31. The number of benzene rings is 1. The maximum Gasteiger partial charge on any atom is 0.266 e. The van der Waals surface area contributed by atoms with E-state index in [2.05, 4.69) is 12.1 Å². The summed E-state index contributed by atoms with van der Waals surface area (Å²) in [6.45, 7) is 0.624. The van der Waals surface area contributed by atoms with Gasteiger partial charge in [0.25, 0.3) is 5.91 Å². The molecule has 2 aromatic rings. The summed E-state index contributed by atoms with van der Waals surface area (Å²) in [5.41, 5.74) is 2.21. The van der Waals surface area contributed by atoms with Crippen LogP contribution in [0.15, 0.2) is 53.6 Å². The first-order valence-electron chi connectivity index (χ1n) is 7.06. The molecule has 0 aliphatic carbocycles. The van der Waals surface area contributed by atoms with Gasteiger partial charge in [0.1, 0.15) is 4.32 Å². The highest BCUT2D eigenvalue weighted by Crippen LogP contribution is 2.32. The van der Waals surface area contributed by atoms with Crippen LogP contribution in [0.25, 0.3) is 6.08 Å². The summed E-state index contributed by atoms with van der Waals surface area (Å²) in [6.07, 6.45) is 4.68. The minimum atomic E-state index is 0.00660. The van der Waals surface area contributed by atoms with Crippen LogP contribution in [0.2, 0.25) is 0 Å². The molecule has 5 heteroatoms. The predicted octanol–water partition coefficient (Wildman–Crippen LogP) is 3.47. The van der Waals surface area contributed by atoms with Gasteiger partial charge in [-0.1, -0.05) is 54.3 Å². The zero-order valence-electron chi connectivity index (χ0n) is 12.2. The standard InChI is InChI=1S/C17H16N2OS2/c1-18-10-5-8-14(18)12-15-16(20)19(17(21)22-15)11-9-13-6-3-2-4-7-13/h2-8,10,12H,9,11H2,1H3/b15-12+. The Morgan fingerprint density at radius 3 is 2.64 bits per heavy atom. The van der Waals surface area contributed by atoms with Crippen molar-refractivity contribution in [3.63, 3.8) is 0 Å². The molecule has 0 atom stereocenters. The van der Waals surface area contributed by atoms with E-state index in [4.69, 9.17) is 12.2 Å². The van der Waals surface area contributed by atoms with Crippen LogP contribution in [0, 0.1) is 0 Å². The van der Waals surface area contributed by atoms with Crippen molar-refractivity contribution in [3.8, 4) is 0 Å². The van der Waals surface area contributed by atoms with E-state index in [-0.39, 0.29) is 5.91 Å². The van der Waals surface area contributed by atoms with Crippen LogP contribution in [-0.4, -0.2) is 26.2 Å². The van der Waals surface area contributed by atoms with Crippen molar-refractivity contribution in [1.82, 2.24) is 9.47 Å². The Morgan fingerprint density at radius 2 is 1.95 bits per heavy atom. The first-order chi connectivity index (χ1) is 10.6. The van der Waals surface area contributed by atoms with Gasteiger partial charge in [-0.2, -0.15) is 0 Å². The Labute approximate surface area is 139 Å². The van der Waals surface area contributed by atoms with Gasteiger partial charge in [-0.25, -0.2) is 0 Å². The summed E-state index contributed by atoms with van der Waals surface area (Å²) in [5.74, 6) is 0.00660. The van der Waals surface area contributed by atoms with Crippen molar-refractivity contribution in [2.24, 2.45) is 7.05 Å². The van der Waals surface area contributed by atoms with E-state index in [0.717, 1.165) is 12.1 Å². The van der Waals surface area contributed by atoms with Crippen molar-refractivity contribution in [2.75, 3.05) is 6.54 Å². The zero-order valence-corrected chi connectivity index (χ0v) is 13.9. The van der Waals surface area contributed by atoms with E-state index in [1.54, 1.807) is 4.90 Å². The van der Waals surface area contributed by atoms with Crippen LogP contribution in [0.5, 0.6) is 0 Å². The first-order valence-corrected chi connectivity index (χ1v) is 8.28. The number of amides is 1. The van der Waals surface area contributed by atoms with Crippen molar-refractivity contribution < 1.29 is 4.79 Å². The number of thioether (sulfide) groups is 1. The van der Waals surface area contributed by atoms with Gasteiger partial charge in [0, 0.05) is 25.5 Å². The molecule has 2 heterocycles. The lowest BCUT2D eigenvalue weighted by Crippen LogP contribution is -2.30. The number of rotatable bonds is 4. The molecule has 0 spiro atoms. The van der Waals surface area contributed by atoms with Gasteiger partial charge in [0.15, 0.2) is 0 Å². The van der Waals surface area contributed by atoms with Crippen LogP contribution in [0.4, 0.5) is 0 Å². The number of aromatic nitrogens is 1. The molecule has 0 N–H and O–H groups in total. The third-order valence-corrected chi connectivity index (χ3v) is 4.98. The van der Waals surface area contributed by atoms with Gasteiger partial charge in [0.2, 0.25) is 0 Å². The SMILES string of the molecule is Cn1cccc1/C=C1/SC(=S)N(CCc2ccccc2)C1=O. The highest BCUT2D eigenvalue weighted by atomic mass is 32.2. The molecule has 0 saturated carbocycles. The van der Waals surface area contributed by atoms with E-state index in [1.807, 2.05) is 54.2 Å². The van der Waals surface area contributed by atoms with Crippen molar-refractivity contribution >= 4 is 40.3 Å². The molecule has 1 aromatic heterocycles. The van der Waals surface area contributed by atoms with E-state index >= 15 is 0 Å². The summed E-state index contributed by atoms with van der Waals surface area (Å²) in [6, 6.07) is 14.1. The Kier molecular flexibility index (Phi) is 4.45. The summed E-state index contributed by atoms with van der Waals surface area (Å²) in [4.78, 5) is 14.9. The molecule has 0 bridgehead atoms. The maximum atomic E-state index is 12.5. The number of nitrogens with zero attached hydrogens (tertiary/aromatic N) is 2. The van der Waals surface area contributed by atoms with Crippen LogP contribution < -0.4 is 0 Å². The largest absolute Gasteiger partial charge is 0.351 e. The fraction of sp³-hybridized carbons (Fsp3) is 0.176. The lowest BCUT2D eigenvalue weighted by molar-refractivity contribution is -0.122. The lowest BCUT2D eigenvalue weighted by atomic mass is 10.1. The van der Waals surface area contributed by atoms with Gasteiger partial charge in [-0.15, -0.1) is 0 Å². The minimum Gasteiger partial charge on any atom is -0.351 e. The third-order valence-electron chi connectivity index (χ3n) is 3.60. The van der Waals surface area contributed by atoms with E-state index in [1.165, 1.54) is 17.3 Å². The predicted molar refractivity (Wildman–Crippen MR) is 95.4 cm³/mol. The van der Waals surface area contributed by atoms with Crippen LogP contribution in [-0.2, 0) is 18.3 Å². The average molecular weight is 328 g/mol. The number of thiocarbonyl (C=S) groups is 1. The minimum absolute atomic E-state index is 0.00660. The summed E-state index contributed by atoms with van der Waals surface area (Å²) in [7, 11) is 1.96. The average Bonchev–Trinajstić information content (AvgIpc) is 3.03. The first kappa shape index (κ1) is 15.1. The second kappa shape index (κ2) is 6.50. The number of carbonyl (C=O) groups excluding carboxylic acids is 1. The van der Waals surface area contributed by atoms with Crippen LogP contribution in [0.3, 0.4) is 0 Å². The normalized spacial score (nSPS) is 16.8. The molecule has 22 heavy (non-hydrogen) atoms.